The molecular weight excluding hydrogens is 376 g/mol. The van der Waals surface area contributed by atoms with E-state index in [1.54, 1.807) is 54.1 Å². The van der Waals surface area contributed by atoms with Gasteiger partial charge < -0.3 is 24.8 Å². The van der Waals surface area contributed by atoms with E-state index in [4.69, 9.17) is 14.2 Å². The van der Waals surface area contributed by atoms with Crippen molar-refractivity contribution in [3.63, 3.8) is 0 Å². The average Bonchev–Trinajstić information content (AvgIpc) is 3.13. The first-order valence-corrected chi connectivity index (χ1v) is 8.86. The molecule has 29 heavy (non-hydrogen) atoms. The smallest absolute Gasteiger partial charge is 0.287 e. The minimum Gasteiger partial charge on any atom is -0.497 e. The highest BCUT2D eigenvalue weighted by Gasteiger charge is 2.22. The number of ether oxygens (including phenoxy) is 3. The highest BCUT2D eigenvalue weighted by molar-refractivity contribution is 6.09. The van der Waals surface area contributed by atoms with Crippen LogP contribution in [0.25, 0.3) is 5.52 Å². The van der Waals surface area contributed by atoms with E-state index in [0.29, 0.717) is 35.9 Å². The Morgan fingerprint density at radius 3 is 2.62 bits per heavy atom. The lowest BCUT2D eigenvalue weighted by Gasteiger charge is -2.11. The number of anilines is 1. The van der Waals surface area contributed by atoms with Crippen LogP contribution in [0.15, 0.2) is 42.6 Å². The van der Waals surface area contributed by atoms with E-state index in [2.05, 4.69) is 15.6 Å². The molecule has 0 saturated carbocycles. The maximum atomic E-state index is 13.0. The molecule has 1 aromatic carbocycles. The van der Waals surface area contributed by atoms with Crippen molar-refractivity contribution < 1.29 is 23.8 Å². The zero-order chi connectivity index (χ0) is 20.8. The second-order valence-electron chi connectivity index (χ2n) is 6.01. The van der Waals surface area contributed by atoms with Crippen molar-refractivity contribution in [2.45, 2.75) is 0 Å². The number of benzene rings is 1. The van der Waals surface area contributed by atoms with Gasteiger partial charge in [-0.15, -0.1) is 0 Å². The predicted octanol–water partition coefficient (Wildman–Crippen LogP) is 1.98. The lowest BCUT2D eigenvalue weighted by Crippen LogP contribution is -2.28. The van der Waals surface area contributed by atoms with Gasteiger partial charge in [-0.3, -0.25) is 14.0 Å². The lowest BCUT2D eigenvalue weighted by atomic mass is 10.2. The third-order valence-electron chi connectivity index (χ3n) is 4.21. The van der Waals surface area contributed by atoms with Crippen molar-refractivity contribution in [2.75, 3.05) is 39.8 Å². The van der Waals surface area contributed by atoms with E-state index < -0.39 is 11.8 Å². The van der Waals surface area contributed by atoms with E-state index in [-0.39, 0.29) is 11.5 Å². The maximum absolute atomic E-state index is 13.0. The lowest BCUT2D eigenvalue weighted by molar-refractivity contribution is 0.0926. The Bertz CT molecular complexity index is 1030. The molecule has 0 spiro atoms. The van der Waals surface area contributed by atoms with Gasteiger partial charge in [0.2, 0.25) is 5.82 Å². The van der Waals surface area contributed by atoms with Gasteiger partial charge in [0.1, 0.15) is 11.5 Å². The number of fused-ring (bicyclic) bond motifs is 1. The first kappa shape index (κ1) is 20.2. The standard InChI is InChI=1S/C20H22N4O5/c1-27-11-9-21-20(26)18-23-17(15-6-4-5-10-24(15)18)19(25)22-14-12-13(28-2)7-8-16(14)29-3/h4-8,10,12H,9,11H2,1-3H3,(H,21,26)(H,22,25). The zero-order valence-corrected chi connectivity index (χ0v) is 16.4. The minimum absolute atomic E-state index is 0.111. The van der Waals surface area contributed by atoms with Crippen molar-refractivity contribution in [3.05, 3.63) is 54.1 Å². The molecule has 0 atom stereocenters. The van der Waals surface area contributed by atoms with E-state index in [0.717, 1.165) is 0 Å². The normalized spacial score (nSPS) is 10.6. The van der Waals surface area contributed by atoms with Gasteiger partial charge in [0.05, 0.1) is 32.0 Å². The number of nitrogens with one attached hydrogen (secondary N) is 2. The molecule has 0 saturated heterocycles. The molecule has 2 aromatic heterocycles. The molecular formula is C20H22N4O5. The predicted molar refractivity (Wildman–Crippen MR) is 107 cm³/mol. The number of imidazole rings is 1. The summed E-state index contributed by atoms with van der Waals surface area (Å²) >= 11 is 0. The molecule has 0 unspecified atom stereocenters. The first-order valence-electron chi connectivity index (χ1n) is 8.86. The third-order valence-corrected chi connectivity index (χ3v) is 4.21. The molecule has 0 radical (unpaired) electrons. The largest absolute Gasteiger partial charge is 0.497 e. The van der Waals surface area contributed by atoms with Crippen LogP contribution in [0.1, 0.15) is 21.1 Å². The number of methoxy groups -OCH3 is 3. The minimum atomic E-state index is -0.476. The number of nitrogens with zero attached hydrogens (tertiary/aromatic N) is 2. The number of hydrogen-bond acceptors (Lipinski definition) is 6. The average molecular weight is 398 g/mol. The SMILES string of the molecule is COCCNC(=O)c1nc(C(=O)Nc2cc(OC)ccc2OC)c2ccccn12. The summed E-state index contributed by atoms with van der Waals surface area (Å²) in [6.07, 6.45) is 1.68. The monoisotopic (exact) mass is 398 g/mol. The second kappa shape index (κ2) is 9.07. The van der Waals surface area contributed by atoms with E-state index in [1.807, 2.05) is 0 Å². The van der Waals surface area contributed by atoms with Crippen LogP contribution in [-0.2, 0) is 4.74 Å². The van der Waals surface area contributed by atoms with Crippen LogP contribution < -0.4 is 20.1 Å². The van der Waals surface area contributed by atoms with Gasteiger partial charge in [-0.2, -0.15) is 0 Å². The van der Waals surface area contributed by atoms with Crippen molar-refractivity contribution in [2.24, 2.45) is 0 Å². The number of carbonyl (C=O) groups excluding carboxylic acids is 2. The number of aromatic nitrogens is 2. The Labute approximate surface area is 167 Å². The Hall–Kier alpha value is -3.59. The maximum Gasteiger partial charge on any atom is 0.287 e. The van der Waals surface area contributed by atoms with Crippen LogP contribution in [0.5, 0.6) is 11.5 Å². The molecule has 152 valence electrons. The van der Waals surface area contributed by atoms with Crippen LogP contribution in [-0.4, -0.2) is 55.7 Å². The molecule has 3 rings (SSSR count). The van der Waals surface area contributed by atoms with Crippen molar-refractivity contribution in [1.82, 2.24) is 14.7 Å². The van der Waals surface area contributed by atoms with Gasteiger partial charge >= 0.3 is 0 Å². The first-order chi connectivity index (χ1) is 14.1. The summed E-state index contributed by atoms with van der Waals surface area (Å²) in [6, 6.07) is 10.3. The summed E-state index contributed by atoms with van der Waals surface area (Å²) in [5.74, 6) is 0.270. The molecule has 0 aliphatic carbocycles. The van der Waals surface area contributed by atoms with Crippen LogP contribution in [0.3, 0.4) is 0 Å². The van der Waals surface area contributed by atoms with Gasteiger partial charge in [-0.1, -0.05) is 6.07 Å². The molecule has 2 amide bonds. The summed E-state index contributed by atoms with van der Waals surface area (Å²) in [7, 11) is 4.59. The Kier molecular flexibility index (Phi) is 6.30. The van der Waals surface area contributed by atoms with Crippen molar-refractivity contribution in [3.8, 4) is 11.5 Å². The van der Waals surface area contributed by atoms with E-state index in [9.17, 15) is 9.59 Å². The number of rotatable bonds is 8. The number of carbonyl (C=O) groups is 2. The summed E-state index contributed by atoms with van der Waals surface area (Å²) in [5, 5.41) is 5.49. The van der Waals surface area contributed by atoms with E-state index in [1.165, 1.54) is 14.2 Å². The van der Waals surface area contributed by atoms with Crippen LogP contribution in [0, 0.1) is 0 Å². The molecule has 2 N–H and O–H groups in total. The third kappa shape index (κ3) is 4.30. The molecule has 0 fully saturated rings. The molecule has 3 aromatic rings. The summed E-state index contributed by atoms with van der Waals surface area (Å²) < 4.78 is 17.0. The quantitative estimate of drug-likeness (QED) is 0.563. The topological polar surface area (TPSA) is 103 Å². The van der Waals surface area contributed by atoms with Crippen LogP contribution in [0.2, 0.25) is 0 Å². The number of amides is 2. The number of pyridine rings is 1. The second-order valence-corrected chi connectivity index (χ2v) is 6.01. The molecule has 9 nitrogen and oxygen atoms in total. The van der Waals surface area contributed by atoms with Gasteiger partial charge in [-0.25, -0.2) is 4.98 Å². The highest BCUT2D eigenvalue weighted by Crippen LogP contribution is 2.29. The molecule has 0 aliphatic heterocycles. The van der Waals surface area contributed by atoms with Crippen molar-refractivity contribution >= 4 is 23.0 Å². The van der Waals surface area contributed by atoms with Gasteiger partial charge in [-0.05, 0) is 24.3 Å². The van der Waals surface area contributed by atoms with Crippen molar-refractivity contribution in [1.29, 1.82) is 0 Å². The molecule has 9 heteroatoms. The van der Waals surface area contributed by atoms with Gasteiger partial charge in [0, 0.05) is 25.9 Å². The van der Waals surface area contributed by atoms with Crippen LogP contribution in [0.4, 0.5) is 5.69 Å². The molecule has 0 aliphatic rings. The van der Waals surface area contributed by atoms with Gasteiger partial charge in [0.15, 0.2) is 5.69 Å². The summed E-state index contributed by atoms with van der Waals surface area (Å²) in [6.45, 7) is 0.706. The highest BCUT2D eigenvalue weighted by atomic mass is 16.5. The Morgan fingerprint density at radius 1 is 1.07 bits per heavy atom. The fourth-order valence-electron chi connectivity index (χ4n) is 2.80. The zero-order valence-electron chi connectivity index (χ0n) is 16.4. The Balaban J connectivity index is 1.94. The van der Waals surface area contributed by atoms with E-state index >= 15 is 0 Å². The summed E-state index contributed by atoms with van der Waals surface area (Å²) in [4.78, 5) is 29.7. The van der Waals surface area contributed by atoms with Crippen LogP contribution >= 0.6 is 0 Å². The summed E-state index contributed by atoms with van der Waals surface area (Å²) in [5.41, 5.74) is 1.05. The fourth-order valence-corrected chi connectivity index (χ4v) is 2.80. The molecule has 0 bridgehead atoms. The fraction of sp³-hybridized carbons (Fsp3) is 0.250. The van der Waals surface area contributed by atoms with Gasteiger partial charge in [0.25, 0.3) is 11.8 Å². The molecule has 2 heterocycles. The number of hydrogen-bond donors (Lipinski definition) is 2. The Morgan fingerprint density at radius 2 is 1.90 bits per heavy atom.